The zero-order chi connectivity index (χ0) is 11.4. The van der Waals surface area contributed by atoms with Gasteiger partial charge in [0.25, 0.3) is 5.91 Å². The van der Waals surface area contributed by atoms with Gasteiger partial charge in [0.15, 0.2) is 12.0 Å². The third-order valence-corrected chi connectivity index (χ3v) is 2.41. The van der Waals surface area contributed by atoms with Crippen molar-refractivity contribution in [3.8, 4) is 0 Å². The van der Waals surface area contributed by atoms with Crippen molar-refractivity contribution in [2.45, 2.75) is 19.8 Å². The van der Waals surface area contributed by atoms with Crippen LogP contribution in [0.15, 0.2) is 29.0 Å². The monoisotopic (exact) mass is 218 g/mol. The van der Waals surface area contributed by atoms with Gasteiger partial charge in [-0.25, -0.2) is 4.98 Å². The molecule has 16 heavy (non-hydrogen) atoms. The molecule has 1 N–H and O–H groups in total. The quantitative estimate of drug-likeness (QED) is 0.801. The van der Waals surface area contributed by atoms with Gasteiger partial charge < -0.3 is 9.73 Å². The summed E-state index contributed by atoms with van der Waals surface area (Å²) in [5, 5.41) is 2.86. The standard InChI is InChI=1S/C12H14N2O2/c1-2-3-6-13-12(15)9-4-5-10-11(7-9)16-8-14-10/h4-5,7-8H,2-3,6H2,1H3,(H,13,15). The predicted octanol–water partition coefficient (Wildman–Crippen LogP) is 2.36. The average molecular weight is 218 g/mol. The fraction of sp³-hybridized carbons (Fsp3) is 0.333. The van der Waals surface area contributed by atoms with Gasteiger partial charge in [-0.1, -0.05) is 13.3 Å². The molecular weight excluding hydrogens is 204 g/mol. The summed E-state index contributed by atoms with van der Waals surface area (Å²) >= 11 is 0. The van der Waals surface area contributed by atoms with Crippen molar-refractivity contribution in [1.29, 1.82) is 0 Å². The van der Waals surface area contributed by atoms with Gasteiger partial charge in [-0.2, -0.15) is 0 Å². The van der Waals surface area contributed by atoms with Gasteiger partial charge in [0, 0.05) is 12.1 Å². The van der Waals surface area contributed by atoms with E-state index in [2.05, 4.69) is 17.2 Å². The van der Waals surface area contributed by atoms with Gasteiger partial charge in [-0.05, 0) is 24.6 Å². The van der Waals surface area contributed by atoms with E-state index in [9.17, 15) is 4.79 Å². The Hall–Kier alpha value is -1.84. The van der Waals surface area contributed by atoms with E-state index in [0.717, 1.165) is 18.4 Å². The Kier molecular flexibility index (Phi) is 3.19. The molecule has 0 atom stereocenters. The topological polar surface area (TPSA) is 55.1 Å². The van der Waals surface area contributed by atoms with Crippen molar-refractivity contribution >= 4 is 17.0 Å². The van der Waals surface area contributed by atoms with Gasteiger partial charge >= 0.3 is 0 Å². The number of carbonyl (C=O) groups excluding carboxylic acids is 1. The number of nitrogens with one attached hydrogen (secondary N) is 1. The highest BCUT2D eigenvalue weighted by Gasteiger charge is 2.07. The van der Waals surface area contributed by atoms with Crippen molar-refractivity contribution in [2.24, 2.45) is 0 Å². The SMILES string of the molecule is CCCCNC(=O)c1ccc2ncoc2c1. The Balaban J connectivity index is 2.10. The van der Waals surface area contributed by atoms with Crippen LogP contribution in [0.25, 0.3) is 11.1 Å². The lowest BCUT2D eigenvalue weighted by Gasteiger charge is -2.03. The van der Waals surface area contributed by atoms with Crippen LogP contribution in [0.1, 0.15) is 30.1 Å². The van der Waals surface area contributed by atoms with E-state index >= 15 is 0 Å². The van der Waals surface area contributed by atoms with Crippen molar-refractivity contribution in [1.82, 2.24) is 10.3 Å². The van der Waals surface area contributed by atoms with Crippen LogP contribution < -0.4 is 5.32 Å². The molecule has 0 aliphatic heterocycles. The lowest BCUT2D eigenvalue weighted by molar-refractivity contribution is 0.0953. The van der Waals surface area contributed by atoms with E-state index < -0.39 is 0 Å². The Morgan fingerprint density at radius 3 is 3.19 bits per heavy atom. The summed E-state index contributed by atoms with van der Waals surface area (Å²) in [5.74, 6) is -0.0632. The van der Waals surface area contributed by atoms with Crippen LogP contribution >= 0.6 is 0 Å². The van der Waals surface area contributed by atoms with E-state index in [1.54, 1.807) is 18.2 Å². The highest BCUT2D eigenvalue weighted by Crippen LogP contribution is 2.14. The van der Waals surface area contributed by atoms with Crippen LogP contribution in [0.2, 0.25) is 0 Å². The van der Waals surface area contributed by atoms with E-state index in [0.29, 0.717) is 17.7 Å². The number of unbranched alkanes of at least 4 members (excludes halogenated alkanes) is 1. The third kappa shape index (κ3) is 2.21. The molecule has 1 aromatic heterocycles. The maximum absolute atomic E-state index is 11.7. The van der Waals surface area contributed by atoms with E-state index in [1.807, 2.05) is 0 Å². The first-order valence-electron chi connectivity index (χ1n) is 5.42. The van der Waals surface area contributed by atoms with Crippen molar-refractivity contribution in [3.05, 3.63) is 30.2 Å². The minimum atomic E-state index is -0.0632. The summed E-state index contributed by atoms with van der Waals surface area (Å²) in [5.41, 5.74) is 2.02. The number of hydrogen-bond acceptors (Lipinski definition) is 3. The molecule has 4 heteroatoms. The van der Waals surface area contributed by atoms with Gasteiger partial charge in [0.2, 0.25) is 0 Å². The molecule has 4 nitrogen and oxygen atoms in total. The summed E-state index contributed by atoms with van der Waals surface area (Å²) in [6.45, 7) is 2.80. The van der Waals surface area contributed by atoms with Crippen molar-refractivity contribution in [2.75, 3.05) is 6.54 Å². The van der Waals surface area contributed by atoms with Crippen LogP contribution in [0.3, 0.4) is 0 Å². The maximum Gasteiger partial charge on any atom is 0.251 e. The second-order valence-corrected chi connectivity index (χ2v) is 3.64. The summed E-state index contributed by atoms with van der Waals surface area (Å²) < 4.78 is 5.14. The van der Waals surface area contributed by atoms with E-state index in [4.69, 9.17) is 4.42 Å². The second-order valence-electron chi connectivity index (χ2n) is 3.64. The molecule has 84 valence electrons. The lowest BCUT2D eigenvalue weighted by Crippen LogP contribution is -2.24. The number of aromatic nitrogens is 1. The number of carbonyl (C=O) groups is 1. The van der Waals surface area contributed by atoms with Crippen LogP contribution in [-0.4, -0.2) is 17.4 Å². The summed E-state index contributed by atoms with van der Waals surface area (Å²) in [7, 11) is 0. The Morgan fingerprint density at radius 1 is 1.50 bits per heavy atom. The first-order chi connectivity index (χ1) is 7.81. The summed E-state index contributed by atoms with van der Waals surface area (Å²) in [6, 6.07) is 5.25. The molecule has 2 aromatic rings. The molecule has 0 aliphatic rings. The van der Waals surface area contributed by atoms with Gasteiger partial charge in [-0.3, -0.25) is 4.79 Å². The van der Waals surface area contributed by atoms with Crippen LogP contribution in [0.5, 0.6) is 0 Å². The minimum absolute atomic E-state index is 0.0632. The van der Waals surface area contributed by atoms with Crippen LogP contribution in [-0.2, 0) is 0 Å². The second kappa shape index (κ2) is 4.79. The summed E-state index contributed by atoms with van der Waals surface area (Å²) in [4.78, 5) is 15.7. The predicted molar refractivity (Wildman–Crippen MR) is 61.3 cm³/mol. The number of fused-ring (bicyclic) bond motifs is 1. The highest BCUT2D eigenvalue weighted by atomic mass is 16.3. The third-order valence-electron chi connectivity index (χ3n) is 2.41. The molecule has 0 saturated carbocycles. The molecule has 0 radical (unpaired) electrons. The molecule has 2 rings (SSSR count). The summed E-state index contributed by atoms with van der Waals surface area (Å²) in [6.07, 6.45) is 3.45. The number of rotatable bonds is 4. The van der Waals surface area contributed by atoms with Gasteiger partial charge in [0.05, 0.1) is 0 Å². The van der Waals surface area contributed by atoms with Crippen molar-refractivity contribution < 1.29 is 9.21 Å². The largest absolute Gasteiger partial charge is 0.443 e. The number of oxazole rings is 1. The molecule has 0 fully saturated rings. The number of hydrogen-bond donors (Lipinski definition) is 1. The normalized spacial score (nSPS) is 10.6. The lowest BCUT2D eigenvalue weighted by atomic mass is 10.2. The zero-order valence-electron chi connectivity index (χ0n) is 9.19. The average Bonchev–Trinajstić information content (AvgIpc) is 2.76. The molecule has 0 bridgehead atoms. The first-order valence-corrected chi connectivity index (χ1v) is 5.42. The molecule has 1 aromatic carbocycles. The molecular formula is C12H14N2O2. The molecule has 0 spiro atoms. The molecule has 0 aliphatic carbocycles. The fourth-order valence-electron chi connectivity index (χ4n) is 1.48. The van der Waals surface area contributed by atoms with Gasteiger partial charge in [-0.15, -0.1) is 0 Å². The molecule has 1 amide bonds. The Labute approximate surface area is 93.7 Å². The number of nitrogens with zero attached hydrogens (tertiary/aromatic N) is 1. The highest BCUT2D eigenvalue weighted by molar-refractivity contribution is 5.96. The smallest absolute Gasteiger partial charge is 0.251 e. The molecule has 0 saturated heterocycles. The Morgan fingerprint density at radius 2 is 2.38 bits per heavy atom. The van der Waals surface area contributed by atoms with E-state index in [-0.39, 0.29) is 5.91 Å². The van der Waals surface area contributed by atoms with Crippen molar-refractivity contribution in [3.63, 3.8) is 0 Å². The van der Waals surface area contributed by atoms with E-state index in [1.165, 1.54) is 6.39 Å². The van der Waals surface area contributed by atoms with Crippen LogP contribution in [0.4, 0.5) is 0 Å². The Bertz CT molecular complexity index is 490. The fourth-order valence-corrected chi connectivity index (χ4v) is 1.48. The first kappa shape index (κ1) is 10.7. The number of benzene rings is 1. The van der Waals surface area contributed by atoms with Gasteiger partial charge in [0.1, 0.15) is 5.52 Å². The minimum Gasteiger partial charge on any atom is -0.443 e. The molecule has 0 unspecified atom stereocenters. The number of amides is 1. The zero-order valence-corrected chi connectivity index (χ0v) is 9.19. The maximum atomic E-state index is 11.7. The molecule has 1 heterocycles. The van der Waals surface area contributed by atoms with Crippen LogP contribution in [0, 0.1) is 0 Å².